The summed E-state index contributed by atoms with van der Waals surface area (Å²) in [6, 6.07) is 7.72. The maximum absolute atomic E-state index is 12.5. The molecule has 25 heavy (non-hydrogen) atoms. The Bertz CT molecular complexity index is 558. The zero-order valence-electron chi connectivity index (χ0n) is 15.0. The number of nitrogens with zero attached hydrogens (tertiary/aromatic N) is 1. The highest BCUT2D eigenvalue weighted by Gasteiger charge is 2.29. The van der Waals surface area contributed by atoms with Crippen LogP contribution < -0.4 is 5.32 Å². The van der Waals surface area contributed by atoms with Gasteiger partial charge in [0, 0.05) is 19.7 Å². The summed E-state index contributed by atoms with van der Waals surface area (Å²) in [5, 5.41) is 12.8. The first-order valence-corrected chi connectivity index (χ1v) is 9.64. The quantitative estimate of drug-likeness (QED) is 0.778. The molecule has 0 aromatic heterocycles. The summed E-state index contributed by atoms with van der Waals surface area (Å²) in [5.41, 5.74) is 2.29. The molecule has 1 aromatic rings. The van der Waals surface area contributed by atoms with Crippen molar-refractivity contribution >= 4 is 6.03 Å². The molecule has 1 atom stereocenters. The largest absolute Gasteiger partial charge is 0.394 e. The first-order chi connectivity index (χ1) is 12.3. The fraction of sp³-hybridized carbons (Fsp3) is 0.650. The Morgan fingerprint density at radius 3 is 2.84 bits per heavy atom. The van der Waals surface area contributed by atoms with E-state index < -0.39 is 0 Å². The number of aliphatic hydroxyl groups is 1. The van der Waals surface area contributed by atoms with Gasteiger partial charge in [0.25, 0.3) is 0 Å². The number of amides is 2. The normalized spacial score (nSPS) is 21.0. The Morgan fingerprint density at radius 1 is 1.24 bits per heavy atom. The maximum Gasteiger partial charge on any atom is 0.318 e. The zero-order chi connectivity index (χ0) is 17.5. The Kier molecular flexibility index (Phi) is 6.70. The number of carbonyl (C=O) groups is 1. The Labute approximate surface area is 150 Å². The summed E-state index contributed by atoms with van der Waals surface area (Å²) in [7, 11) is 0. The van der Waals surface area contributed by atoms with Gasteiger partial charge in [-0.1, -0.05) is 43.5 Å². The fourth-order valence-corrected chi connectivity index (χ4v) is 3.94. The lowest BCUT2D eigenvalue weighted by molar-refractivity contribution is 0.0273. The minimum absolute atomic E-state index is 0.0464. The van der Waals surface area contributed by atoms with Crippen molar-refractivity contribution in [1.82, 2.24) is 10.2 Å². The Hall–Kier alpha value is -1.59. The number of hydrogen-bond acceptors (Lipinski definition) is 3. The van der Waals surface area contributed by atoms with Crippen molar-refractivity contribution in [3.05, 3.63) is 35.4 Å². The van der Waals surface area contributed by atoms with Crippen LogP contribution in [0.5, 0.6) is 0 Å². The van der Waals surface area contributed by atoms with Gasteiger partial charge in [-0.2, -0.15) is 0 Å². The standard InChI is InChI=1S/C20H30N2O3/c23-15-19-18-10-5-4-7-16(18)11-13-22(19)20(24)21-12-6-14-25-17-8-2-1-3-9-17/h4-5,7,10,17,19,23H,1-3,6,8-9,11-15H2,(H,21,24). The molecule has 2 N–H and O–H groups in total. The van der Waals surface area contributed by atoms with Crippen LogP contribution in [0, 0.1) is 0 Å². The molecule has 0 spiro atoms. The zero-order valence-corrected chi connectivity index (χ0v) is 15.0. The molecule has 1 saturated carbocycles. The molecule has 1 unspecified atom stereocenters. The van der Waals surface area contributed by atoms with Gasteiger partial charge in [0.05, 0.1) is 18.8 Å². The molecule has 2 aliphatic rings. The smallest absolute Gasteiger partial charge is 0.318 e. The lowest BCUT2D eigenvalue weighted by atomic mass is 9.93. The van der Waals surface area contributed by atoms with Gasteiger partial charge in [-0.15, -0.1) is 0 Å². The fourth-order valence-electron chi connectivity index (χ4n) is 3.94. The lowest BCUT2D eigenvalue weighted by Crippen LogP contribution is -2.47. The van der Waals surface area contributed by atoms with Crippen LogP contribution in [0.25, 0.3) is 0 Å². The second-order valence-electron chi connectivity index (χ2n) is 7.06. The van der Waals surface area contributed by atoms with Crippen molar-refractivity contribution < 1.29 is 14.6 Å². The molecule has 0 bridgehead atoms. The van der Waals surface area contributed by atoms with Crippen LogP contribution in [0.2, 0.25) is 0 Å². The highest BCUT2D eigenvalue weighted by Crippen LogP contribution is 2.29. The minimum Gasteiger partial charge on any atom is -0.394 e. The number of aliphatic hydroxyl groups excluding tert-OH is 1. The molecule has 1 heterocycles. The van der Waals surface area contributed by atoms with Crippen LogP contribution in [0.4, 0.5) is 4.79 Å². The molecule has 2 amide bonds. The van der Waals surface area contributed by atoms with Crippen molar-refractivity contribution in [2.24, 2.45) is 0 Å². The number of urea groups is 1. The first kappa shape index (κ1) is 18.2. The molecule has 1 aliphatic carbocycles. The lowest BCUT2D eigenvalue weighted by Gasteiger charge is -2.36. The molecule has 1 fully saturated rings. The Balaban J connectivity index is 1.42. The summed E-state index contributed by atoms with van der Waals surface area (Å²) in [6.07, 6.45) is 8.33. The predicted octanol–water partition coefficient (Wildman–Crippen LogP) is 3.03. The highest BCUT2D eigenvalue weighted by atomic mass is 16.5. The van der Waals surface area contributed by atoms with Crippen molar-refractivity contribution in [3.63, 3.8) is 0 Å². The minimum atomic E-state index is -0.247. The van der Waals surface area contributed by atoms with Gasteiger partial charge in [-0.25, -0.2) is 4.79 Å². The van der Waals surface area contributed by atoms with Crippen LogP contribution in [0.1, 0.15) is 55.7 Å². The summed E-state index contributed by atoms with van der Waals surface area (Å²) < 4.78 is 5.89. The van der Waals surface area contributed by atoms with Crippen LogP contribution in [-0.4, -0.2) is 48.4 Å². The van der Waals surface area contributed by atoms with Gasteiger partial charge >= 0.3 is 6.03 Å². The summed E-state index contributed by atoms with van der Waals surface area (Å²) in [5.74, 6) is 0. The molecular formula is C20H30N2O3. The first-order valence-electron chi connectivity index (χ1n) is 9.64. The average molecular weight is 346 g/mol. The van der Waals surface area contributed by atoms with Gasteiger partial charge in [-0.3, -0.25) is 0 Å². The third kappa shape index (κ3) is 4.73. The maximum atomic E-state index is 12.5. The average Bonchev–Trinajstić information content (AvgIpc) is 2.67. The molecule has 0 radical (unpaired) electrons. The number of ether oxygens (including phenoxy) is 1. The van der Waals surface area contributed by atoms with E-state index in [-0.39, 0.29) is 18.7 Å². The SMILES string of the molecule is O=C(NCCCOC1CCCCC1)N1CCc2ccccc2C1CO. The van der Waals surface area contributed by atoms with E-state index in [0.29, 0.717) is 25.8 Å². The van der Waals surface area contributed by atoms with Crippen molar-refractivity contribution in [3.8, 4) is 0 Å². The van der Waals surface area contributed by atoms with Gasteiger partial charge in [0.15, 0.2) is 0 Å². The summed E-state index contributed by atoms with van der Waals surface area (Å²) in [6.45, 7) is 1.92. The van der Waals surface area contributed by atoms with Crippen LogP contribution in [-0.2, 0) is 11.2 Å². The molecule has 138 valence electrons. The number of benzene rings is 1. The molecule has 1 aliphatic heterocycles. The van der Waals surface area contributed by atoms with E-state index in [1.165, 1.54) is 37.7 Å². The third-order valence-corrected chi connectivity index (χ3v) is 5.35. The monoisotopic (exact) mass is 346 g/mol. The van der Waals surface area contributed by atoms with Crippen LogP contribution in [0.3, 0.4) is 0 Å². The molecule has 5 heteroatoms. The topological polar surface area (TPSA) is 61.8 Å². The van der Waals surface area contributed by atoms with E-state index in [1.807, 2.05) is 18.2 Å². The van der Waals surface area contributed by atoms with E-state index in [4.69, 9.17) is 4.74 Å². The van der Waals surface area contributed by atoms with E-state index in [2.05, 4.69) is 11.4 Å². The summed E-state index contributed by atoms with van der Waals surface area (Å²) >= 11 is 0. The predicted molar refractivity (Wildman–Crippen MR) is 97.5 cm³/mol. The number of hydrogen-bond donors (Lipinski definition) is 2. The van der Waals surface area contributed by atoms with E-state index in [1.54, 1.807) is 4.90 Å². The molecule has 3 rings (SSSR count). The Morgan fingerprint density at radius 2 is 2.04 bits per heavy atom. The molecule has 5 nitrogen and oxygen atoms in total. The van der Waals surface area contributed by atoms with Crippen LogP contribution in [0.15, 0.2) is 24.3 Å². The number of rotatable bonds is 6. The van der Waals surface area contributed by atoms with Gasteiger partial charge < -0.3 is 20.1 Å². The van der Waals surface area contributed by atoms with Crippen LogP contribution >= 0.6 is 0 Å². The third-order valence-electron chi connectivity index (χ3n) is 5.35. The van der Waals surface area contributed by atoms with Crippen molar-refractivity contribution in [1.29, 1.82) is 0 Å². The van der Waals surface area contributed by atoms with E-state index in [0.717, 1.165) is 18.4 Å². The second-order valence-corrected chi connectivity index (χ2v) is 7.06. The molecule has 0 saturated heterocycles. The number of fused-ring (bicyclic) bond motifs is 1. The van der Waals surface area contributed by atoms with Gasteiger partial charge in [0.1, 0.15) is 0 Å². The van der Waals surface area contributed by atoms with Crippen molar-refractivity contribution in [2.75, 3.05) is 26.3 Å². The van der Waals surface area contributed by atoms with E-state index >= 15 is 0 Å². The van der Waals surface area contributed by atoms with Gasteiger partial charge in [0.2, 0.25) is 0 Å². The highest BCUT2D eigenvalue weighted by molar-refractivity contribution is 5.75. The second kappa shape index (κ2) is 9.20. The number of nitrogens with one attached hydrogen (secondary N) is 1. The number of carbonyl (C=O) groups excluding carboxylic acids is 1. The van der Waals surface area contributed by atoms with Crippen molar-refractivity contribution in [2.45, 2.75) is 57.1 Å². The van der Waals surface area contributed by atoms with E-state index in [9.17, 15) is 9.90 Å². The molecular weight excluding hydrogens is 316 g/mol. The molecule has 1 aromatic carbocycles. The summed E-state index contributed by atoms with van der Waals surface area (Å²) in [4.78, 5) is 14.3. The van der Waals surface area contributed by atoms with Gasteiger partial charge in [-0.05, 0) is 36.8 Å².